The lowest BCUT2D eigenvalue weighted by Gasteiger charge is -2.29. The summed E-state index contributed by atoms with van der Waals surface area (Å²) in [6, 6.07) is 22.5. The van der Waals surface area contributed by atoms with Gasteiger partial charge in [0.2, 0.25) is 0 Å². The Labute approximate surface area is 194 Å². The van der Waals surface area contributed by atoms with E-state index >= 15 is 0 Å². The molecule has 1 fully saturated rings. The molecule has 0 amide bonds. The van der Waals surface area contributed by atoms with Gasteiger partial charge in [0.1, 0.15) is 0 Å². The van der Waals surface area contributed by atoms with E-state index < -0.39 is 0 Å². The molecule has 0 bridgehead atoms. The number of hydrogen-bond acceptors (Lipinski definition) is 3. The molecule has 0 unspecified atom stereocenters. The molecule has 3 aromatic heterocycles. The lowest BCUT2D eigenvalue weighted by atomic mass is 10.0. The summed E-state index contributed by atoms with van der Waals surface area (Å²) < 4.78 is 3.26. The first-order valence-corrected chi connectivity index (χ1v) is 11.2. The average molecular weight is 490 g/mol. The van der Waals surface area contributed by atoms with E-state index in [2.05, 4.69) is 77.2 Å². The van der Waals surface area contributed by atoms with E-state index in [1.54, 1.807) is 0 Å². The number of nitrogens with one attached hydrogen (secondary N) is 1. The Morgan fingerprint density at radius 1 is 0.968 bits per heavy atom. The molecule has 1 aliphatic heterocycles. The molecule has 1 saturated heterocycles. The summed E-state index contributed by atoms with van der Waals surface area (Å²) in [5, 5.41) is 4.25. The minimum absolute atomic E-state index is 0.0236. The van der Waals surface area contributed by atoms with Gasteiger partial charge in [-0.2, -0.15) is 0 Å². The van der Waals surface area contributed by atoms with Crippen LogP contribution in [-0.4, -0.2) is 24.5 Å². The lowest BCUT2D eigenvalue weighted by molar-refractivity contribution is 0.302. The Morgan fingerprint density at radius 3 is 2.61 bits per heavy atom. The molecule has 154 valence electrons. The van der Waals surface area contributed by atoms with E-state index in [0.717, 1.165) is 32.2 Å². The maximum Gasteiger partial charge on any atom is 0.170 e. The molecule has 7 heteroatoms. The largest absolute Gasteiger partial charge is 0.352 e. The van der Waals surface area contributed by atoms with Crippen LogP contribution in [0.3, 0.4) is 0 Å². The minimum atomic E-state index is -0.0589. The molecule has 1 aromatic carbocycles. The van der Waals surface area contributed by atoms with Gasteiger partial charge in [0.05, 0.1) is 17.8 Å². The quantitative estimate of drug-likeness (QED) is 0.390. The van der Waals surface area contributed by atoms with Crippen LogP contribution in [0.2, 0.25) is 0 Å². The maximum absolute atomic E-state index is 5.80. The zero-order valence-electron chi connectivity index (χ0n) is 16.6. The smallest absolute Gasteiger partial charge is 0.170 e. The van der Waals surface area contributed by atoms with Crippen LogP contribution in [0.5, 0.6) is 0 Å². The minimum Gasteiger partial charge on any atom is -0.352 e. The highest BCUT2D eigenvalue weighted by Crippen LogP contribution is 2.40. The van der Waals surface area contributed by atoms with E-state index in [4.69, 9.17) is 12.2 Å². The van der Waals surface area contributed by atoms with Gasteiger partial charge < -0.3 is 14.8 Å². The number of pyridine rings is 2. The first-order valence-electron chi connectivity index (χ1n) is 10.0. The third-order valence-electron chi connectivity index (χ3n) is 5.47. The molecule has 4 aromatic rings. The number of rotatable bonds is 5. The summed E-state index contributed by atoms with van der Waals surface area (Å²) in [5.41, 5.74) is 4.37. The van der Waals surface area contributed by atoms with Gasteiger partial charge in [-0.3, -0.25) is 9.97 Å². The Hall–Kier alpha value is -3.03. The van der Waals surface area contributed by atoms with E-state index in [1.807, 2.05) is 55.0 Å². The molecule has 2 atom stereocenters. The molecule has 5 nitrogen and oxygen atoms in total. The lowest BCUT2D eigenvalue weighted by Crippen LogP contribution is -2.30. The Bertz CT molecular complexity index is 1190. The van der Waals surface area contributed by atoms with Crippen molar-refractivity contribution in [3.8, 4) is 5.69 Å². The molecular formula is C24H20BrN5S. The molecule has 0 saturated carbocycles. The molecule has 1 aliphatic rings. The molecule has 0 radical (unpaired) electrons. The molecular weight excluding hydrogens is 470 g/mol. The van der Waals surface area contributed by atoms with Crippen molar-refractivity contribution >= 4 is 33.3 Å². The Kier molecular flexibility index (Phi) is 5.53. The van der Waals surface area contributed by atoms with Crippen molar-refractivity contribution in [2.24, 2.45) is 0 Å². The van der Waals surface area contributed by atoms with Gasteiger partial charge in [-0.25, -0.2) is 0 Å². The van der Waals surface area contributed by atoms with Crippen LogP contribution in [0.1, 0.15) is 29.0 Å². The molecule has 31 heavy (non-hydrogen) atoms. The summed E-state index contributed by atoms with van der Waals surface area (Å²) >= 11 is 9.40. The molecule has 5 rings (SSSR count). The molecule has 4 heterocycles. The van der Waals surface area contributed by atoms with E-state index in [-0.39, 0.29) is 12.1 Å². The number of nitrogens with zero attached hydrogens (tertiary/aromatic N) is 4. The van der Waals surface area contributed by atoms with Crippen LogP contribution in [0.4, 0.5) is 0 Å². The topological polar surface area (TPSA) is 46.0 Å². The van der Waals surface area contributed by atoms with Crippen LogP contribution in [0.25, 0.3) is 5.69 Å². The van der Waals surface area contributed by atoms with Crippen molar-refractivity contribution in [2.75, 3.05) is 0 Å². The fraction of sp³-hybridized carbons (Fsp3) is 0.125. The van der Waals surface area contributed by atoms with E-state index in [0.29, 0.717) is 6.54 Å². The summed E-state index contributed by atoms with van der Waals surface area (Å²) in [7, 11) is 0. The highest BCUT2D eigenvalue weighted by atomic mass is 79.9. The SMILES string of the molecule is S=C1N[C@@H](c2ccccn2)[C@@H](c2cccn2-c2cccc(Br)c2)N1Cc1ccncc1. The number of benzene rings is 1. The Morgan fingerprint density at radius 2 is 1.84 bits per heavy atom. The second-order valence-corrected chi connectivity index (χ2v) is 8.70. The molecule has 1 N–H and O–H groups in total. The summed E-state index contributed by atoms with van der Waals surface area (Å²) in [6.07, 6.45) is 7.56. The molecule has 0 spiro atoms. The van der Waals surface area contributed by atoms with Crippen LogP contribution in [-0.2, 0) is 6.54 Å². The van der Waals surface area contributed by atoms with E-state index in [1.165, 1.54) is 0 Å². The average Bonchev–Trinajstić information content (AvgIpc) is 3.40. The summed E-state index contributed by atoms with van der Waals surface area (Å²) in [4.78, 5) is 11.0. The zero-order chi connectivity index (χ0) is 21.2. The fourth-order valence-corrected chi connectivity index (χ4v) is 4.77. The van der Waals surface area contributed by atoms with Crippen LogP contribution >= 0.6 is 28.1 Å². The number of thiocarbonyl (C=S) groups is 1. The standard InChI is InChI=1S/C24H20BrN5S/c25-18-5-3-6-19(15-18)29-14-4-8-21(29)23-22(20-7-1-2-11-27-20)28-24(31)30(23)16-17-9-12-26-13-10-17/h1-15,22-23H,16H2,(H,28,31)/t22-,23+/m0/s1. The summed E-state index contributed by atoms with van der Waals surface area (Å²) in [6.45, 7) is 0.687. The first kappa shape index (κ1) is 19.9. The predicted molar refractivity (Wildman–Crippen MR) is 129 cm³/mol. The number of hydrogen-bond donors (Lipinski definition) is 1. The van der Waals surface area contributed by atoms with Gasteiger partial charge in [0.15, 0.2) is 5.11 Å². The zero-order valence-corrected chi connectivity index (χ0v) is 19.0. The predicted octanol–water partition coefficient (Wildman–Crippen LogP) is 5.20. The Balaban J connectivity index is 1.61. The van der Waals surface area contributed by atoms with Gasteiger partial charge in [-0.15, -0.1) is 0 Å². The van der Waals surface area contributed by atoms with Crippen LogP contribution in [0, 0.1) is 0 Å². The first-order chi connectivity index (χ1) is 15.2. The highest BCUT2D eigenvalue weighted by molar-refractivity contribution is 9.10. The van der Waals surface area contributed by atoms with Gasteiger partial charge in [-0.1, -0.05) is 28.1 Å². The van der Waals surface area contributed by atoms with E-state index in [9.17, 15) is 0 Å². The third-order valence-corrected chi connectivity index (χ3v) is 6.32. The van der Waals surface area contributed by atoms with Crippen LogP contribution < -0.4 is 5.32 Å². The van der Waals surface area contributed by atoms with Crippen LogP contribution in [0.15, 0.2) is 96.0 Å². The number of halogens is 1. The second kappa shape index (κ2) is 8.61. The van der Waals surface area contributed by atoms with Crippen molar-refractivity contribution in [2.45, 2.75) is 18.6 Å². The van der Waals surface area contributed by atoms with Crippen molar-refractivity contribution in [3.63, 3.8) is 0 Å². The van der Waals surface area contributed by atoms with Crippen molar-refractivity contribution < 1.29 is 0 Å². The summed E-state index contributed by atoms with van der Waals surface area (Å²) in [5.74, 6) is 0. The molecule has 0 aliphatic carbocycles. The van der Waals surface area contributed by atoms with Gasteiger partial charge >= 0.3 is 0 Å². The van der Waals surface area contributed by atoms with Gasteiger partial charge in [-0.05, 0) is 72.4 Å². The van der Waals surface area contributed by atoms with Crippen molar-refractivity contribution in [1.82, 2.24) is 24.8 Å². The van der Waals surface area contributed by atoms with Crippen molar-refractivity contribution in [1.29, 1.82) is 0 Å². The third kappa shape index (κ3) is 3.98. The number of aromatic nitrogens is 3. The van der Waals surface area contributed by atoms with Gasteiger partial charge in [0.25, 0.3) is 0 Å². The second-order valence-electron chi connectivity index (χ2n) is 7.39. The van der Waals surface area contributed by atoms with Gasteiger partial charge in [0, 0.05) is 47.2 Å². The highest BCUT2D eigenvalue weighted by Gasteiger charge is 2.41. The van der Waals surface area contributed by atoms with Crippen molar-refractivity contribution in [3.05, 3.63) is 113 Å². The maximum atomic E-state index is 5.80. The monoisotopic (exact) mass is 489 g/mol. The normalized spacial score (nSPS) is 18.2. The fourth-order valence-electron chi connectivity index (χ4n) is 4.08.